The number of aromatic amines is 1. The van der Waals surface area contributed by atoms with Crippen LogP contribution in [0.4, 0.5) is 0 Å². The molecule has 0 atom stereocenters. The van der Waals surface area contributed by atoms with Crippen molar-refractivity contribution in [2.24, 2.45) is 0 Å². The smallest absolute Gasteiger partial charge is 0.281 e. The average molecular weight is 298 g/mol. The Morgan fingerprint density at radius 1 is 1.00 bits per heavy atom. The van der Waals surface area contributed by atoms with Crippen LogP contribution in [0.1, 0.15) is 11.3 Å². The van der Waals surface area contributed by atoms with Crippen LogP contribution in [0.3, 0.4) is 0 Å². The van der Waals surface area contributed by atoms with Crippen LogP contribution in [0, 0.1) is 11.8 Å². The van der Waals surface area contributed by atoms with Gasteiger partial charge in [-0.2, -0.15) is 0 Å². The predicted octanol–water partition coefficient (Wildman–Crippen LogP) is 2.30. The molecule has 2 aromatic carbocycles. The summed E-state index contributed by atoms with van der Waals surface area (Å²) in [5.41, 5.74) is 1.25. The van der Waals surface area contributed by atoms with Gasteiger partial charge in [-0.25, -0.2) is 4.79 Å². The van der Waals surface area contributed by atoms with Gasteiger partial charge in [-0.3, -0.25) is 4.52 Å². The van der Waals surface area contributed by atoms with Crippen LogP contribution in [0.2, 0.25) is 5.02 Å². The summed E-state index contributed by atoms with van der Waals surface area (Å²) in [6.07, 6.45) is 0. The Kier molecular flexibility index (Phi) is 3.59. The summed E-state index contributed by atoms with van der Waals surface area (Å²) in [7, 11) is 0. The van der Waals surface area contributed by atoms with E-state index in [4.69, 9.17) is 16.1 Å². The van der Waals surface area contributed by atoms with Gasteiger partial charge in [-0.15, -0.1) is 0 Å². The SMILES string of the molecule is O=c1o[nH][n+](-c2ccccc2)c1C#Cc1ccc(Cl)cc1. The van der Waals surface area contributed by atoms with Crippen molar-refractivity contribution < 1.29 is 9.20 Å². The van der Waals surface area contributed by atoms with E-state index in [0.29, 0.717) is 5.02 Å². The zero-order valence-corrected chi connectivity index (χ0v) is 11.6. The lowest BCUT2D eigenvalue weighted by Gasteiger charge is -1.90. The second-order valence-electron chi connectivity index (χ2n) is 4.26. The number of benzene rings is 2. The number of aromatic nitrogens is 2. The van der Waals surface area contributed by atoms with Gasteiger partial charge in [0.2, 0.25) is 5.69 Å². The Balaban J connectivity index is 2.03. The Labute approximate surface area is 125 Å². The number of nitrogens with one attached hydrogen (secondary N) is 1. The van der Waals surface area contributed by atoms with E-state index in [0.717, 1.165) is 11.3 Å². The molecule has 0 aliphatic rings. The van der Waals surface area contributed by atoms with E-state index in [1.807, 2.05) is 30.3 Å². The minimum absolute atomic E-state index is 0.233. The van der Waals surface area contributed by atoms with Gasteiger partial charge in [0.15, 0.2) is 0 Å². The van der Waals surface area contributed by atoms with Crippen LogP contribution < -0.4 is 10.3 Å². The molecule has 102 valence electrons. The highest BCUT2D eigenvalue weighted by Gasteiger charge is 2.20. The molecule has 1 heterocycles. The molecule has 4 nitrogen and oxygen atoms in total. The third-order valence-corrected chi connectivity index (χ3v) is 3.08. The molecule has 1 aromatic heterocycles. The molecule has 0 amide bonds. The van der Waals surface area contributed by atoms with Crippen molar-refractivity contribution in [3.63, 3.8) is 0 Å². The molecule has 0 aliphatic heterocycles. The van der Waals surface area contributed by atoms with Gasteiger partial charge < -0.3 is 0 Å². The third-order valence-electron chi connectivity index (χ3n) is 2.83. The van der Waals surface area contributed by atoms with Crippen LogP contribution in [0.25, 0.3) is 5.69 Å². The van der Waals surface area contributed by atoms with E-state index in [-0.39, 0.29) is 5.69 Å². The second kappa shape index (κ2) is 5.70. The summed E-state index contributed by atoms with van der Waals surface area (Å²) in [6.45, 7) is 0. The molecule has 3 aromatic rings. The first-order valence-electron chi connectivity index (χ1n) is 6.20. The van der Waals surface area contributed by atoms with Gasteiger partial charge in [0.25, 0.3) is 0 Å². The molecule has 0 fully saturated rings. The molecule has 21 heavy (non-hydrogen) atoms. The zero-order valence-electron chi connectivity index (χ0n) is 10.8. The Morgan fingerprint density at radius 2 is 1.71 bits per heavy atom. The average Bonchev–Trinajstić information content (AvgIpc) is 2.89. The van der Waals surface area contributed by atoms with Crippen LogP contribution in [-0.4, -0.2) is 5.27 Å². The van der Waals surface area contributed by atoms with Crippen molar-refractivity contribution in [3.05, 3.63) is 81.3 Å². The van der Waals surface area contributed by atoms with Crippen LogP contribution >= 0.6 is 11.6 Å². The minimum Gasteiger partial charge on any atom is -0.281 e. The van der Waals surface area contributed by atoms with Gasteiger partial charge in [0, 0.05) is 28.6 Å². The lowest BCUT2D eigenvalue weighted by Crippen LogP contribution is -2.37. The number of hydrogen-bond acceptors (Lipinski definition) is 2. The normalized spacial score (nSPS) is 9.95. The Bertz CT molecular complexity index is 868. The molecular weight excluding hydrogens is 288 g/mol. The molecule has 0 unspecified atom stereocenters. The monoisotopic (exact) mass is 297 g/mol. The Hall–Kier alpha value is -2.77. The molecule has 5 heteroatoms. The molecule has 1 N–H and O–H groups in total. The number of H-pyrrole nitrogens is 1. The van der Waals surface area contributed by atoms with Crippen LogP contribution in [0.15, 0.2) is 63.9 Å². The first kappa shape index (κ1) is 13.2. The first-order chi connectivity index (χ1) is 10.2. The summed E-state index contributed by atoms with van der Waals surface area (Å²) < 4.78 is 6.32. The third kappa shape index (κ3) is 2.88. The molecule has 0 spiro atoms. The molecule has 0 aliphatic carbocycles. The van der Waals surface area contributed by atoms with E-state index in [1.54, 1.807) is 24.3 Å². The van der Waals surface area contributed by atoms with Crippen molar-refractivity contribution in [2.75, 3.05) is 0 Å². The first-order valence-corrected chi connectivity index (χ1v) is 6.58. The molecular formula is C16H10ClN2O2+. The quantitative estimate of drug-likeness (QED) is 0.553. The fourth-order valence-corrected chi connectivity index (χ4v) is 1.93. The fourth-order valence-electron chi connectivity index (χ4n) is 1.80. The number of rotatable bonds is 1. The topological polar surface area (TPSA) is 49.9 Å². The van der Waals surface area contributed by atoms with Crippen LogP contribution in [-0.2, 0) is 0 Å². The molecule has 0 saturated carbocycles. The van der Waals surface area contributed by atoms with E-state index >= 15 is 0 Å². The number of nitrogens with zero attached hydrogens (tertiary/aromatic N) is 1. The summed E-state index contributed by atoms with van der Waals surface area (Å²) in [4.78, 5) is 11.7. The number of hydrogen-bond donors (Lipinski definition) is 1. The lowest BCUT2D eigenvalue weighted by atomic mass is 10.2. The van der Waals surface area contributed by atoms with Crippen molar-refractivity contribution >= 4 is 11.6 Å². The molecule has 0 bridgehead atoms. The summed E-state index contributed by atoms with van der Waals surface area (Å²) in [6, 6.07) is 16.4. The number of para-hydroxylation sites is 1. The van der Waals surface area contributed by atoms with E-state index in [1.165, 1.54) is 4.68 Å². The highest BCUT2D eigenvalue weighted by molar-refractivity contribution is 6.30. The van der Waals surface area contributed by atoms with Gasteiger partial charge in [0.05, 0.1) is 0 Å². The highest BCUT2D eigenvalue weighted by atomic mass is 35.5. The largest absolute Gasteiger partial charge is 0.444 e. The van der Waals surface area contributed by atoms with Gasteiger partial charge in [0.1, 0.15) is 0 Å². The summed E-state index contributed by atoms with van der Waals surface area (Å²) in [5.74, 6) is 5.74. The predicted molar refractivity (Wildman–Crippen MR) is 78.3 cm³/mol. The maximum atomic E-state index is 11.7. The Morgan fingerprint density at radius 3 is 2.43 bits per heavy atom. The van der Waals surface area contributed by atoms with Crippen molar-refractivity contribution in [3.8, 4) is 17.5 Å². The van der Waals surface area contributed by atoms with E-state index in [9.17, 15) is 4.79 Å². The van der Waals surface area contributed by atoms with Gasteiger partial charge in [-0.05, 0) is 34.2 Å². The lowest BCUT2D eigenvalue weighted by molar-refractivity contribution is -0.672. The zero-order chi connectivity index (χ0) is 14.7. The summed E-state index contributed by atoms with van der Waals surface area (Å²) in [5, 5.41) is 3.18. The van der Waals surface area contributed by atoms with E-state index < -0.39 is 5.63 Å². The van der Waals surface area contributed by atoms with Crippen molar-refractivity contribution in [2.45, 2.75) is 0 Å². The van der Waals surface area contributed by atoms with Crippen LogP contribution in [0.5, 0.6) is 0 Å². The molecule has 3 rings (SSSR count). The van der Waals surface area contributed by atoms with E-state index in [2.05, 4.69) is 17.1 Å². The maximum Gasteiger partial charge on any atom is 0.444 e. The summed E-state index contributed by atoms with van der Waals surface area (Å²) >= 11 is 5.82. The molecule has 0 radical (unpaired) electrons. The van der Waals surface area contributed by atoms with Crippen molar-refractivity contribution in [1.29, 1.82) is 0 Å². The standard InChI is InChI=1S/C16H9ClN2O2/c17-13-9-6-12(7-10-13)8-11-15-16(20)21-18-19(15)14-4-2-1-3-5-14/h1-7,9-10H/p+1. The fraction of sp³-hybridized carbons (Fsp3) is 0. The maximum absolute atomic E-state index is 11.7. The second-order valence-corrected chi connectivity index (χ2v) is 4.69. The minimum atomic E-state index is -0.514. The van der Waals surface area contributed by atoms with Gasteiger partial charge in [-0.1, -0.05) is 35.7 Å². The molecule has 0 saturated heterocycles. The van der Waals surface area contributed by atoms with Gasteiger partial charge >= 0.3 is 11.3 Å². The van der Waals surface area contributed by atoms with Crippen molar-refractivity contribution in [1.82, 2.24) is 5.27 Å². The highest BCUT2D eigenvalue weighted by Crippen LogP contribution is 2.08. The number of halogens is 1.